The van der Waals surface area contributed by atoms with E-state index >= 15 is 0 Å². The highest BCUT2D eigenvalue weighted by Crippen LogP contribution is 2.11. The quantitative estimate of drug-likeness (QED) is 0.261. The minimum absolute atomic E-state index is 0.353. The molecule has 0 spiro atoms. The van der Waals surface area contributed by atoms with Crippen LogP contribution >= 0.6 is 15.9 Å². The SMILES string of the molecule is CCCCCCCCCCCC(=O)N(CCBr)CCCC. The fourth-order valence-electron chi connectivity index (χ4n) is 2.56. The maximum absolute atomic E-state index is 12.2. The third-order valence-electron chi connectivity index (χ3n) is 3.98. The Morgan fingerprint density at radius 1 is 0.762 bits per heavy atom. The van der Waals surface area contributed by atoms with Crippen LogP contribution in [0.25, 0.3) is 0 Å². The summed E-state index contributed by atoms with van der Waals surface area (Å²) < 4.78 is 0. The molecule has 0 saturated carbocycles. The van der Waals surface area contributed by atoms with Crippen molar-refractivity contribution >= 4 is 21.8 Å². The standard InChI is InChI=1S/C18H36BrNO/c1-3-5-7-8-9-10-11-12-13-14-18(21)20(17-15-19)16-6-4-2/h3-17H2,1-2H3. The molecule has 126 valence electrons. The van der Waals surface area contributed by atoms with Crippen molar-refractivity contribution in [1.82, 2.24) is 4.90 Å². The highest BCUT2D eigenvalue weighted by molar-refractivity contribution is 9.09. The van der Waals surface area contributed by atoms with Crippen molar-refractivity contribution in [2.75, 3.05) is 18.4 Å². The minimum Gasteiger partial charge on any atom is -0.342 e. The first-order valence-corrected chi connectivity index (χ1v) is 10.2. The molecular formula is C18H36BrNO. The second-order valence-corrected chi connectivity index (χ2v) is 6.79. The number of halogens is 1. The van der Waals surface area contributed by atoms with Gasteiger partial charge in [-0.05, 0) is 12.8 Å². The van der Waals surface area contributed by atoms with Crippen LogP contribution in [0.15, 0.2) is 0 Å². The monoisotopic (exact) mass is 361 g/mol. The van der Waals surface area contributed by atoms with Crippen LogP contribution in [0.4, 0.5) is 0 Å². The van der Waals surface area contributed by atoms with Crippen LogP contribution in [0, 0.1) is 0 Å². The number of carbonyl (C=O) groups excluding carboxylic acids is 1. The predicted molar refractivity (Wildman–Crippen MR) is 97.1 cm³/mol. The predicted octanol–water partition coefficient (Wildman–Crippen LogP) is 5.93. The Morgan fingerprint density at radius 2 is 1.29 bits per heavy atom. The molecule has 0 heterocycles. The third kappa shape index (κ3) is 13.3. The second kappa shape index (κ2) is 16.3. The molecule has 0 unspecified atom stereocenters. The van der Waals surface area contributed by atoms with Gasteiger partial charge in [0.25, 0.3) is 0 Å². The third-order valence-corrected chi connectivity index (χ3v) is 4.34. The van der Waals surface area contributed by atoms with Crippen LogP contribution in [-0.4, -0.2) is 29.2 Å². The van der Waals surface area contributed by atoms with Gasteiger partial charge in [-0.1, -0.05) is 87.6 Å². The fraction of sp³-hybridized carbons (Fsp3) is 0.944. The highest BCUT2D eigenvalue weighted by Gasteiger charge is 2.11. The van der Waals surface area contributed by atoms with E-state index in [1.807, 2.05) is 4.90 Å². The summed E-state index contributed by atoms with van der Waals surface area (Å²) >= 11 is 3.44. The van der Waals surface area contributed by atoms with Gasteiger partial charge >= 0.3 is 0 Å². The molecular weight excluding hydrogens is 326 g/mol. The first-order valence-electron chi connectivity index (χ1n) is 9.10. The van der Waals surface area contributed by atoms with E-state index in [1.165, 1.54) is 51.4 Å². The zero-order valence-corrected chi connectivity index (χ0v) is 15.9. The molecule has 0 aliphatic heterocycles. The molecule has 0 aliphatic rings. The minimum atomic E-state index is 0.353. The van der Waals surface area contributed by atoms with Crippen molar-refractivity contribution in [3.05, 3.63) is 0 Å². The Morgan fingerprint density at radius 3 is 1.81 bits per heavy atom. The second-order valence-electron chi connectivity index (χ2n) is 6.00. The summed E-state index contributed by atoms with van der Waals surface area (Å²) in [6, 6.07) is 0. The van der Waals surface area contributed by atoms with Crippen LogP contribution in [0.5, 0.6) is 0 Å². The van der Waals surface area contributed by atoms with Crippen LogP contribution in [-0.2, 0) is 4.79 Å². The van der Waals surface area contributed by atoms with Gasteiger partial charge in [0.1, 0.15) is 0 Å². The van der Waals surface area contributed by atoms with Gasteiger partial charge < -0.3 is 4.90 Å². The van der Waals surface area contributed by atoms with E-state index < -0.39 is 0 Å². The molecule has 0 atom stereocenters. The first-order chi connectivity index (χ1) is 10.3. The molecule has 0 aromatic carbocycles. The average Bonchev–Trinajstić information content (AvgIpc) is 2.49. The number of nitrogens with zero attached hydrogens (tertiary/aromatic N) is 1. The van der Waals surface area contributed by atoms with E-state index in [1.54, 1.807) is 0 Å². The number of amides is 1. The number of carbonyl (C=O) groups is 1. The molecule has 0 aromatic heterocycles. The first kappa shape index (κ1) is 20.9. The lowest BCUT2D eigenvalue weighted by Gasteiger charge is -2.21. The normalized spacial score (nSPS) is 10.8. The number of hydrogen-bond acceptors (Lipinski definition) is 1. The van der Waals surface area contributed by atoms with Gasteiger partial charge in [-0.15, -0.1) is 0 Å². The van der Waals surface area contributed by atoms with Gasteiger partial charge in [0.05, 0.1) is 0 Å². The van der Waals surface area contributed by atoms with Crippen molar-refractivity contribution in [3.63, 3.8) is 0 Å². The van der Waals surface area contributed by atoms with Crippen molar-refractivity contribution in [2.45, 2.75) is 90.9 Å². The number of hydrogen-bond donors (Lipinski definition) is 0. The van der Waals surface area contributed by atoms with Gasteiger partial charge in [-0.3, -0.25) is 4.79 Å². The lowest BCUT2D eigenvalue weighted by atomic mass is 10.1. The van der Waals surface area contributed by atoms with Crippen LogP contribution in [0.3, 0.4) is 0 Å². The number of rotatable bonds is 15. The Labute approximate surface area is 141 Å². The molecule has 0 aromatic rings. The summed E-state index contributed by atoms with van der Waals surface area (Å²) in [5.74, 6) is 0.353. The molecule has 0 bridgehead atoms. The molecule has 3 heteroatoms. The largest absolute Gasteiger partial charge is 0.342 e. The average molecular weight is 362 g/mol. The molecule has 1 amide bonds. The zero-order valence-electron chi connectivity index (χ0n) is 14.3. The number of unbranched alkanes of at least 4 members (excludes halogenated alkanes) is 9. The summed E-state index contributed by atoms with van der Waals surface area (Å²) in [6.07, 6.45) is 14.8. The molecule has 2 nitrogen and oxygen atoms in total. The van der Waals surface area contributed by atoms with Crippen LogP contribution < -0.4 is 0 Å². The van der Waals surface area contributed by atoms with Gasteiger partial charge in [0, 0.05) is 24.8 Å². The van der Waals surface area contributed by atoms with Crippen molar-refractivity contribution in [1.29, 1.82) is 0 Å². The summed E-state index contributed by atoms with van der Waals surface area (Å²) in [5, 5.41) is 0.889. The fourth-order valence-corrected chi connectivity index (χ4v) is 2.99. The van der Waals surface area contributed by atoms with Crippen molar-refractivity contribution in [3.8, 4) is 0 Å². The maximum Gasteiger partial charge on any atom is 0.222 e. The topological polar surface area (TPSA) is 20.3 Å². The van der Waals surface area contributed by atoms with E-state index in [-0.39, 0.29) is 0 Å². The van der Waals surface area contributed by atoms with Gasteiger partial charge in [0.15, 0.2) is 0 Å². The molecule has 0 radical (unpaired) electrons. The molecule has 21 heavy (non-hydrogen) atoms. The Balaban J connectivity index is 3.53. The molecule has 0 N–H and O–H groups in total. The Kier molecular flexibility index (Phi) is 16.3. The number of alkyl halides is 1. The summed E-state index contributed by atoms with van der Waals surface area (Å²) in [6.45, 7) is 6.22. The molecule has 0 fully saturated rings. The highest BCUT2D eigenvalue weighted by atomic mass is 79.9. The molecule has 0 saturated heterocycles. The van der Waals surface area contributed by atoms with Gasteiger partial charge in [0.2, 0.25) is 5.91 Å². The van der Waals surface area contributed by atoms with E-state index in [0.29, 0.717) is 5.91 Å². The lowest BCUT2D eigenvalue weighted by Crippen LogP contribution is -2.33. The van der Waals surface area contributed by atoms with Crippen molar-refractivity contribution < 1.29 is 4.79 Å². The van der Waals surface area contributed by atoms with Gasteiger partial charge in [-0.25, -0.2) is 0 Å². The maximum atomic E-state index is 12.2. The van der Waals surface area contributed by atoms with E-state index in [9.17, 15) is 4.79 Å². The van der Waals surface area contributed by atoms with Crippen LogP contribution in [0.2, 0.25) is 0 Å². The van der Waals surface area contributed by atoms with Gasteiger partial charge in [-0.2, -0.15) is 0 Å². The van der Waals surface area contributed by atoms with E-state index in [4.69, 9.17) is 0 Å². The molecule has 0 aliphatic carbocycles. The zero-order chi connectivity index (χ0) is 15.8. The van der Waals surface area contributed by atoms with E-state index in [0.717, 1.165) is 44.1 Å². The Hall–Kier alpha value is -0.0500. The summed E-state index contributed by atoms with van der Waals surface area (Å²) in [7, 11) is 0. The summed E-state index contributed by atoms with van der Waals surface area (Å²) in [5.41, 5.74) is 0. The Bertz CT molecular complexity index is 233. The smallest absolute Gasteiger partial charge is 0.222 e. The van der Waals surface area contributed by atoms with E-state index in [2.05, 4.69) is 29.8 Å². The lowest BCUT2D eigenvalue weighted by molar-refractivity contribution is -0.131. The van der Waals surface area contributed by atoms with Crippen molar-refractivity contribution in [2.24, 2.45) is 0 Å². The molecule has 0 rings (SSSR count). The van der Waals surface area contributed by atoms with Crippen LogP contribution in [0.1, 0.15) is 90.9 Å². The summed E-state index contributed by atoms with van der Waals surface area (Å²) in [4.78, 5) is 14.2.